The molecule has 1 atom stereocenters. The molecule has 1 rings (SSSR count). The highest BCUT2D eigenvalue weighted by molar-refractivity contribution is 5.91. The Morgan fingerprint density at radius 1 is 1.50 bits per heavy atom. The van der Waals surface area contributed by atoms with Gasteiger partial charge in [0.25, 0.3) is 0 Å². The summed E-state index contributed by atoms with van der Waals surface area (Å²) in [6, 6.07) is 0.458. The van der Waals surface area contributed by atoms with Gasteiger partial charge in [-0.15, -0.1) is 0 Å². The van der Waals surface area contributed by atoms with E-state index in [1.54, 1.807) is 0 Å². The highest BCUT2D eigenvalue weighted by Crippen LogP contribution is 2.08. The van der Waals surface area contributed by atoms with Crippen LogP contribution in [0.1, 0.15) is 46.0 Å². The maximum Gasteiger partial charge on any atom is 0.123 e. The Morgan fingerprint density at radius 3 is 3.00 bits per heavy atom. The summed E-state index contributed by atoms with van der Waals surface area (Å²) in [4.78, 5) is 8.75. The van der Waals surface area contributed by atoms with E-state index >= 15 is 0 Å². The molecule has 0 aromatic rings. The van der Waals surface area contributed by atoms with Crippen LogP contribution in [0.25, 0.3) is 0 Å². The first-order valence-corrected chi connectivity index (χ1v) is 4.92. The molecule has 1 aliphatic heterocycles. The lowest BCUT2D eigenvalue weighted by atomic mass is 10.1. The summed E-state index contributed by atoms with van der Waals surface area (Å²) < 4.78 is 0. The zero-order valence-electron chi connectivity index (χ0n) is 8.08. The van der Waals surface area contributed by atoms with Crippen molar-refractivity contribution in [3.8, 4) is 0 Å². The lowest BCUT2D eigenvalue weighted by Gasteiger charge is -2.10. The maximum absolute atomic E-state index is 4.47. The fourth-order valence-corrected chi connectivity index (χ4v) is 1.31. The van der Waals surface area contributed by atoms with Gasteiger partial charge in [0.15, 0.2) is 0 Å². The summed E-state index contributed by atoms with van der Waals surface area (Å²) in [6.07, 6.45) is 7.87. The number of amidine groups is 1. The summed E-state index contributed by atoms with van der Waals surface area (Å²) >= 11 is 0. The monoisotopic (exact) mass is 166 g/mol. The zero-order valence-corrected chi connectivity index (χ0v) is 8.08. The highest BCUT2D eigenvalue weighted by Gasteiger charge is 2.05. The Bertz CT molecular complexity index is 182. The lowest BCUT2D eigenvalue weighted by Crippen LogP contribution is -2.10. The number of hydrogen-bond donors (Lipinski definition) is 0. The average Bonchev–Trinajstić information content (AvgIpc) is 2.05. The van der Waals surface area contributed by atoms with Gasteiger partial charge in [-0.3, -0.25) is 4.99 Å². The van der Waals surface area contributed by atoms with E-state index in [1.807, 2.05) is 6.21 Å². The molecule has 0 unspecified atom stereocenters. The van der Waals surface area contributed by atoms with Gasteiger partial charge < -0.3 is 0 Å². The van der Waals surface area contributed by atoms with E-state index < -0.39 is 0 Å². The van der Waals surface area contributed by atoms with Crippen molar-refractivity contribution in [1.82, 2.24) is 0 Å². The molecule has 0 aromatic heterocycles. The minimum absolute atomic E-state index is 0.458. The number of unbranched alkanes of at least 4 members (excludes halogenated alkanes) is 2. The Balaban J connectivity index is 2.26. The van der Waals surface area contributed by atoms with Gasteiger partial charge in [-0.25, -0.2) is 4.99 Å². The first-order valence-electron chi connectivity index (χ1n) is 4.92. The van der Waals surface area contributed by atoms with E-state index in [9.17, 15) is 0 Å². The largest absolute Gasteiger partial charge is 0.267 e. The topological polar surface area (TPSA) is 24.7 Å². The van der Waals surface area contributed by atoms with Crippen LogP contribution in [0, 0.1) is 0 Å². The summed E-state index contributed by atoms with van der Waals surface area (Å²) in [5.41, 5.74) is 0. The summed E-state index contributed by atoms with van der Waals surface area (Å²) in [7, 11) is 0. The van der Waals surface area contributed by atoms with Gasteiger partial charge in [-0.05, 0) is 13.3 Å². The summed E-state index contributed by atoms with van der Waals surface area (Å²) in [6.45, 7) is 4.36. The second-order valence-corrected chi connectivity index (χ2v) is 3.40. The Morgan fingerprint density at radius 2 is 2.33 bits per heavy atom. The van der Waals surface area contributed by atoms with Crippen LogP contribution in [-0.2, 0) is 0 Å². The maximum atomic E-state index is 4.47. The van der Waals surface area contributed by atoms with Gasteiger partial charge in [0.05, 0.1) is 6.04 Å². The number of hydrogen-bond acceptors (Lipinski definition) is 2. The SMILES string of the molecule is CCCCCC1=N[C@H](C)CC=N1. The van der Waals surface area contributed by atoms with Gasteiger partial charge in [-0.1, -0.05) is 19.8 Å². The third-order valence-corrected chi connectivity index (χ3v) is 2.06. The zero-order chi connectivity index (χ0) is 8.81. The van der Waals surface area contributed by atoms with E-state index in [2.05, 4.69) is 23.8 Å². The molecule has 0 fully saturated rings. The molecule has 0 saturated heterocycles. The molecule has 0 N–H and O–H groups in total. The van der Waals surface area contributed by atoms with E-state index in [0.29, 0.717) is 6.04 Å². The number of aliphatic imine (C=N–C) groups is 2. The van der Waals surface area contributed by atoms with E-state index in [4.69, 9.17) is 0 Å². The minimum atomic E-state index is 0.458. The smallest absolute Gasteiger partial charge is 0.123 e. The van der Waals surface area contributed by atoms with Gasteiger partial charge in [0.1, 0.15) is 5.84 Å². The van der Waals surface area contributed by atoms with E-state index in [-0.39, 0.29) is 0 Å². The fourth-order valence-electron chi connectivity index (χ4n) is 1.31. The van der Waals surface area contributed by atoms with Crippen LogP contribution >= 0.6 is 0 Å². The second-order valence-electron chi connectivity index (χ2n) is 3.40. The highest BCUT2D eigenvalue weighted by atomic mass is 15.0. The van der Waals surface area contributed by atoms with Crippen molar-refractivity contribution in [3.05, 3.63) is 0 Å². The molecule has 0 spiro atoms. The third kappa shape index (κ3) is 3.16. The van der Waals surface area contributed by atoms with Crippen molar-refractivity contribution in [1.29, 1.82) is 0 Å². The average molecular weight is 166 g/mol. The molecule has 68 valence electrons. The quantitative estimate of drug-likeness (QED) is 0.574. The molecule has 0 aliphatic carbocycles. The van der Waals surface area contributed by atoms with Crippen molar-refractivity contribution in [2.45, 2.75) is 52.0 Å². The molecule has 0 radical (unpaired) electrons. The molecule has 1 heterocycles. The number of nitrogens with zero attached hydrogens (tertiary/aromatic N) is 2. The van der Waals surface area contributed by atoms with E-state index in [1.165, 1.54) is 19.3 Å². The van der Waals surface area contributed by atoms with Crippen molar-refractivity contribution < 1.29 is 0 Å². The van der Waals surface area contributed by atoms with Crippen LogP contribution < -0.4 is 0 Å². The van der Waals surface area contributed by atoms with Crippen LogP contribution in [0.4, 0.5) is 0 Å². The van der Waals surface area contributed by atoms with Crippen molar-refractivity contribution in [3.63, 3.8) is 0 Å². The first kappa shape index (κ1) is 9.43. The summed E-state index contributed by atoms with van der Waals surface area (Å²) in [5, 5.41) is 0. The standard InChI is InChI=1S/C10H18N2/c1-3-4-5-6-10-11-8-7-9(2)12-10/h8-9H,3-7H2,1-2H3/t9-/m1/s1. The van der Waals surface area contributed by atoms with Gasteiger partial charge in [0.2, 0.25) is 0 Å². The second kappa shape index (κ2) is 5.07. The van der Waals surface area contributed by atoms with Gasteiger partial charge >= 0.3 is 0 Å². The van der Waals surface area contributed by atoms with Gasteiger partial charge in [0, 0.05) is 19.1 Å². The Kier molecular flexibility index (Phi) is 3.98. The molecular formula is C10H18N2. The van der Waals surface area contributed by atoms with Gasteiger partial charge in [-0.2, -0.15) is 0 Å². The molecule has 0 aromatic carbocycles. The van der Waals surface area contributed by atoms with Crippen molar-refractivity contribution in [2.24, 2.45) is 9.98 Å². The van der Waals surface area contributed by atoms with Crippen molar-refractivity contribution in [2.75, 3.05) is 0 Å². The van der Waals surface area contributed by atoms with Crippen LogP contribution in [0.15, 0.2) is 9.98 Å². The third-order valence-electron chi connectivity index (χ3n) is 2.06. The minimum Gasteiger partial charge on any atom is -0.267 e. The fraction of sp³-hybridized carbons (Fsp3) is 0.800. The molecule has 2 heteroatoms. The number of rotatable bonds is 4. The normalized spacial score (nSPS) is 22.5. The molecule has 0 saturated carbocycles. The molecule has 0 amide bonds. The van der Waals surface area contributed by atoms with Crippen LogP contribution in [-0.4, -0.2) is 18.1 Å². The molecule has 2 nitrogen and oxygen atoms in total. The van der Waals surface area contributed by atoms with Crippen LogP contribution in [0.2, 0.25) is 0 Å². The van der Waals surface area contributed by atoms with Crippen LogP contribution in [0.3, 0.4) is 0 Å². The molecule has 0 bridgehead atoms. The Labute approximate surface area is 74.8 Å². The van der Waals surface area contributed by atoms with Crippen LogP contribution in [0.5, 0.6) is 0 Å². The molecule has 12 heavy (non-hydrogen) atoms. The predicted octanol–water partition coefficient (Wildman–Crippen LogP) is 2.83. The lowest BCUT2D eigenvalue weighted by molar-refractivity contribution is 0.721. The Hall–Kier alpha value is -0.660. The summed E-state index contributed by atoms with van der Waals surface area (Å²) in [5.74, 6) is 1.06. The van der Waals surface area contributed by atoms with Crippen molar-refractivity contribution >= 4 is 12.1 Å². The molecule has 1 aliphatic rings. The molecular weight excluding hydrogens is 148 g/mol. The predicted molar refractivity (Wildman–Crippen MR) is 54.1 cm³/mol. The first-order chi connectivity index (χ1) is 5.83. The van der Waals surface area contributed by atoms with E-state index in [0.717, 1.165) is 18.7 Å².